The monoisotopic (exact) mass is 235 g/mol. The predicted molar refractivity (Wildman–Crippen MR) is 72.1 cm³/mol. The average molecular weight is 235 g/mol. The Labute approximate surface area is 103 Å². The van der Waals surface area contributed by atoms with Gasteiger partial charge in [0.05, 0.1) is 5.56 Å². The van der Waals surface area contributed by atoms with Gasteiger partial charge in [-0.2, -0.15) is 0 Å². The Hall–Kier alpha value is -1.71. The molecule has 17 heavy (non-hydrogen) atoms. The second kappa shape index (κ2) is 5.57. The molecule has 94 valence electrons. The number of nitrogen functional groups attached to an aromatic ring is 1. The van der Waals surface area contributed by atoms with Crippen LogP contribution >= 0.6 is 0 Å². The van der Waals surface area contributed by atoms with Crippen LogP contribution in [0.15, 0.2) is 18.2 Å². The molecule has 0 saturated carbocycles. The van der Waals surface area contributed by atoms with Crippen molar-refractivity contribution < 1.29 is 4.79 Å². The molecule has 0 aliphatic carbocycles. The molecule has 0 aliphatic rings. The number of primary amides is 1. The Balaban J connectivity index is 3.22. The smallest absolute Gasteiger partial charge is 0.250 e. The molecule has 0 radical (unpaired) electrons. The van der Waals surface area contributed by atoms with Gasteiger partial charge in [-0.25, -0.2) is 0 Å². The van der Waals surface area contributed by atoms with Gasteiger partial charge in [-0.3, -0.25) is 4.79 Å². The lowest BCUT2D eigenvalue weighted by atomic mass is 10.1. The first-order valence-corrected chi connectivity index (χ1v) is 5.93. The van der Waals surface area contributed by atoms with E-state index in [9.17, 15) is 4.79 Å². The third-order valence-corrected chi connectivity index (χ3v) is 2.68. The van der Waals surface area contributed by atoms with Crippen molar-refractivity contribution in [3.05, 3.63) is 23.8 Å². The van der Waals surface area contributed by atoms with E-state index in [4.69, 9.17) is 11.5 Å². The number of carbonyl (C=O) groups is 1. The Morgan fingerprint density at radius 1 is 1.41 bits per heavy atom. The Morgan fingerprint density at radius 3 is 2.53 bits per heavy atom. The van der Waals surface area contributed by atoms with E-state index >= 15 is 0 Å². The minimum Gasteiger partial charge on any atom is -0.399 e. The molecule has 0 fully saturated rings. The van der Waals surface area contributed by atoms with E-state index < -0.39 is 5.91 Å². The van der Waals surface area contributed by atoms with E-state index in [0.29, 0.717) is 17.3 Å². The second-order valence-corrected chi connectivity index (χ2v) is 4.43. The summed E-state index contributed by atoms with van der Waals surface area (Å²) in [6.45, 7) is 7.19. The van der Waals surface area contributed by atoms with Crippen molar-refractivity contribution in [3.8, 4) is 0 Å². The van der Waals surface area contributed by atoms with Crippen molar-refractivity contribution in [1.82, 2.24) is 0 Å². The van der Waals surface area contributed by atoms with Crippen LogP contribution in [0.5, 0.6) is 0 Å². The predicted octanol–water partition coefficient (Wildman–Crippen LogP) is 1.99. The highest BCUT2D eigenvalue weighted by molar-refractivity contribution is 5.99. The number of amides is 1. The molecule has 0 aliphatic heterocycles. The zero-order chi connectivity index (χ0) is 13.0. The number of benzene rings is 1. The lowest BCUT2D eigenvalue weighted by Crippen LogP contribution is -2.33. The standard InChI is InChI=1S/C13H21N3O/c1-4-7-16(9(2)3)12-6-5-10(14)8-11(12)13(15)17/h5-6,8-9H,4,7,14H2,1-3H3,(H2,15,17). The highest BCUT2D eigenvalue weighted by atomic mass is 16.1. The first-order valence-electron chi connectivity index (χ1n) is 5.93. The van der Waals surface area contributed by atoms with Gasteiger partial charge in [-0.15, -0.1) is 0 Å². The van der Waals surface area contributed by atoms with Crippen LogP contribution in [0.25, 0.3) is 0 Å². The molecule has 0 heterocycles. The van der Waals surface area contributed by atoms with E-state index in [0.717, 1.165) is 18.7 Å². The molecular weight excluding hydrogens is 214 g/mol. The van der Waals surface area contributed by atoms with Gasteiger partial charge in [0.15, 0.2) is 0 Å². The van der Waals surface area contributed by atoms with Crippen LogP contribution in [0.4, 0.5) is 11.4 Å². The summed E-state index contributed by atoms with van der Waals surface area (Å²) >= 11 is 0. The molecule has 0 saturated heterocycles. The fourth-order valence-corrected chi connectivity index (χ4v) is 1.90. The summed E-state index contributed by atoms with van der Waals surface area (Å²) in [7, 11) is 0. The minimum absolute atomic E-state index is 0.316. The zero-order valence-electron chi connectivity index (χ0n) is 10.7. The molecule has 1 aromatic rings. The summed E-state index contributed by atoms with van der Waals surface area (Å²) in [5.41, 5.74) is 13.0. The van der Waals surface area contributed by atoms with Gasteiger partial charge >= 0.3 is 0 Å². The highest BCUT2D eigenvalue weighted by Crippen LogP contribution is 2.24. The lowest BCUT2D eigenvalue weighted by Gasteiger charge is -2.30. The first-order chi connectivity index (χ1) is 7.97. The Kier molecular flexibility index (Phi) is 4.37. The number of carbonyl (C=O) groups excluding carboxylic acids is 1. The molecular formula is C13H21N3O. The van der Waals surface area contributed by atoms with Gasteiger partial charge < -0.3 is 16.4 Å². The molecule has 1 aromatic carbocycles. The number of nitrogens with two attached hydrogens (primary N) is 2. The molecule has 0 bridgehead atoms. The van der Waals surface area contributed by atoms with Crippen LogP contribution in [-0.2, 0) is 0 Å². The van der Waals surface area contributed by atoms with Gasteiger partial charge in [-0.1, -0.05) is 6.92 Å². The summed E-state index contributed by atoms with van der Waals surface area (Å²) in [5.74, 6) is -0.436. The summed E-state index contributed by atoms with van der Waals surface area (Å²) in [4.78, 5) is 13.6. The van der Waals surface area contributed by atoms with Crippen LogP contribution in [0.1, 0.15) is 37.6 Å². The molecule has 0 aromatic heterocycles. The summed E-state index contributed by atoms with van der Waals surface area (Å²) in [6, 6.07) is 5.62. The first kappa shape index (κ1) is 13.4. The third-order valence-electron chi connectivity index (χ3n) is 2.68. The molecule has 0 unspecified atom stereocenters. The summed E-state index contributed by atoms with van der Waals surface area (Å²) in [6.07, 6.45) is 1.01. The molecule has 1 rings (SSSR count). The van der Waals surface area contributed by atoms with Crippen molar-refractivity contribution in [2.24, 2.45) is 5.73 Å². The van der Waals surface area contributed by atoms with E-state index in [1.807, 2.05) is 6.07 Å². The SMILES string of the molecule is CCCN(c1ccc(N)cc1C(N)=O)C(C)C. The molecule has 0 spiro atoms. The molecule has 1 amide bonds. The highest BCUT2D eigenvalue weighted by Gasteiger charge is 2.16. The average Bonchev–Trinajstić information content (AvgIpc) is 2.26. The number of nitrogens with zero attached hydrogens (tertiary/aromatic N) is 1. The number of hydrogen-bond acceptors (Lipinski definition) is 3. The Morgan fingerprint density at radius 2 is 2.06 bits per heavy atom. The topological polar surface area (TPSA) is 72.3 Å². The quantitative estimate of drug-likeness (QED) is 0.767. The second-order valence-electron chi connectivity index (χ2n) is 4.43. The maximum absolute atomic E-state index is 11.4. The van der Waals surface area contributed by atoms with Crippen molar-refractivity contribution >= 4 is 17.3 Å². The fourth-order valence-electron chi connectivity index (χ4n) is 1.90. The molecule has 4 heteroatoms. The number of hydrogen-bond donors (Lipinski definition) is 2. The summed E-state index contributed by atoms with van der Waals surface area (Å²) < 4.78 is 0. The largest absolute Gasteiger partial charge is 0.399 e. The van der Waals surface area contributed by atoms with Gasteiger partial charge in [-0.05, 0) is 38.5 Å². The minimum atomic E-state index is -0.436. The van der Waals surface area contributed by atoms with E-state index in [1.54, 1.807) is 12.1 Å². The van der Waals surface area contributed by atoms with E-state index in [1.165, 1.54) is 0 Å². The third kappa shape index (κ3) is 3.12. The molecule has 4 N–H and O–H groups in total. The maximum Gasteiger partial charge on any atom is 0.250 e. The van der Waals surface area contributed by atoms with E-state index in [2.05, 4.69) is 25.7 Å². The zero-order valence-corrected chi connectivity index (χ0v) is 10.7. The fraction of sp³-hybridized carbons (Fsp3) is 0.462. The van der Waals surface area contributed by atoms with Crippen LogP contribution in [0.3, 0.4) is 0 Å². The van der Waals surface area contributed by atoms with Gasteiger partial charge in [0, 0.05) is 24.0 Å². The van der Waals surface area contributed by atoms with Crippen molar-refractivity contribution in [2.75, 3.05) is 17.2 Å². The summed E-state index contributed by atoms with van der Waals surface area (Å²) in [5, 5.41) is 0. The van der Waals surface area contributed by atoms with Gasteiger partial charge in [0.1, 0.15) is 0 Å². The number of rotatable bonds is 5. The van der Waals surface area contributed by atoms with E-state index in [-0.39, 0.29) is 0 Å². The van der Waals surface area contributed by atoms with Gasteiger partial charge in [0.2, 0.25) is 0 Å². The molecule has 4 nitrogen and oxygen atoms in total. The lowest BCUT2D eigenvalue weighted by molar-refractivity contribution is 0.100. The van der Waals surface area contributed by atoms with Crippen molar-refractivity contribution in [3.63, 3.8) is 0 Å². The van der Waals surface area contributed by atoms with Crippen molar-refractivity contribution in [2.45, 2.75) is 33.2 Å². The van der Waals surface area contributed by atoms with Crippen LogP contribution in [-0.4, -0.2) is 18.5 Å². The number of anilines is 2. The van der Waals surface area contributed by atoms with Gasteiger partial charge in [0.25, 0.3) is 5.91 Å². The van der Waals surface area contributed by atoms with Crippen LogP contribution in [0, 0.1) is 0 Å². The molecule has 0 atom stereocenters. The van der Waals surface area contributed by atoms with Crippen LogP contribution in [0.2, 0.25) is 0 Å². The Bertz CT molecular complexity index is 402. The van der Waals surface area contributed by atoms with Crippen molar-refractivity contribution in [1.29, 1.82) is 0 Å². The van der Waals surface area contributed by atoms with Crippen LogP contribution < -0.4 is 16.4 Å². The maximum atomic E-state index is 11.4. The normalized spacial score (nSPS) is 10.6.